The number of fused-ring (bicyclic) bond motifs is 1. The Bertz CT molecular complexity index is 959. The Morgan fingerprint density at radius 3 is 2.46 bits per heavy atom. The Hall–Kier alpha value is -1.69. The third-order valence-electron chi connectivity index (χ3n) is 5.85. The molecule has 0 atom stereocenters. The summed E-state index contributed by atoms with van der Waals surface area (Å²) in [5.74, 6) is 1.48. The summed E-state index contributed by atoms with van der Waals surface area (Å²) in [5, 5.41) is 3.63. The first-order valence-electron chi connectivity index (χ1n) is 9.90. The van der Waals surface area contributed by atoms with Gasteiger partial charge in [-0.1, -0.05) is 38.1 Å². The lowest BCUT2D eigenvalue weighted by Gasteiger charge is -2.36. The van der Waals surface area contributed by atoms with E-state index in [1.165, 1.54) is 16.7 Å². The number of thiophene rings is 1. The molecule has 0 aliphatic carbocycles. The van der Waals surface area contributed by atoms with Crippen molar-refractivity contribution in [2.24, 2.45) is 0 Å². The lowest BCUT2D eigenvalue weighted by atomic mass is 9.98. The number of halogens is 1. The monoisotopic (exact) mass is 414 g/mol. The van der Waals surface area contributed by atoms with Crippen LogP contribution < -0.4 is 4.90 Å². The molecule has 0 amide bonds. The molecule has 3 aromatic rings. The number of rotatable bonds is 4. The van der Waals surface area contributed by atoms with E-state index < -0.39 is 0 Å². The van der Waals surface area contributed by atoms with Gasteiger partial charge in [0.2, 0.25) is 5.28 Å². The third-order valence-corrected chi connectivity index (χ3v) is 6.89. The third kappa shape index (κ3) is 3.76. The van der Waals surface area contributed by atoms with Gasteiger partial charge in [-0.2, -0.15) is 4.98 Å². The highest BCUT2D eigenvalue weighted by Crippen LogP contribution is 2.40. The Balaban J connectivity index is 1.77. The van der Waals surface area contributed by atoms with Crippen molar-refractivity contribution in [3.8, 4) is 11.1 Å². The minimum atomic E-state index is 0.325. The predicted molar refractivity (Wildman–Crippen MR) is 121 cm³/mol. The molecule has 0 radical (unpaired) electrons. The van der Waals surface area contributed by atoms with Crippen LogP contribution in [-0.4, -0.2) is 48.1 Å². The number of likely N-dealkylation sites (tertiary alicyclic amines) is 1. The molecule has 1 fully saturated rings. The van der Waals surface area contributed by atoms with E-state index in [-0.39, 0.29) is 0 Å². The molecule has 1 aromatic carbocycles. The maximum Gasteiger partial charge on any atom is 0.225 e. The van der Waals surface area contributed by atoms with Gasteiger partial charge in [-0.05, 0) is 61.6 Å². The molecule has 4 rings (SSSR count). The predicted octanol–water partition coefficient (Wildman–Crippen LogP) is 5.67. The molecule has 0 N–H and O–H groups in total. The van der Waals surface area contributed by atoms with Crippen LogP contribution in [0, 0.1) is 0 Å². The molecule has 1 saturated heterocycles. The number of anilines is 1. The number of hydrogen-bond donors (Lipinski definition) is 0. The van der Waals surface area contributed by atoms with E-state index in [2.05, 4.69) is 77.4 Å². The summed E-state index contributed by atoms with van der Waals surface area (Å²) >= 11 is 7.93. The van der Waals surface area contributed by atoms with Crippen LogP contribution in [0.3, 0.4) is 0 Å². The van der Waals surface area contributed by atoms with E-state index >= 15 is 0 Å². The summed E-state index contributed by atoms with van der Waals surface area (Å²) in [7, 11) is 4.34. The van der Waals surface area contributed by atoms with Gasteiger partial charge in [0.05, 0.1) is 5.39 Å². The molecule has 4 nitrogen and oxygen atoms in total. The standard InChI is InChI=1S/C22H27ClN4S/c1-14(2)15-5-7-16(8-6-15)18-13-28-21-19(18)20(24-22(23)25-21)27(4)17-9-11-26(3)12-10-17/h5-8,13-14,17H,9-12H2,1-4H3. The summed E-state index contributed by atoms with van der Waals surface area (Å²) < 4.78 is 0. The lowest BCUT2D eigenvalue weighted by Crippen LogP contribution is -2.42. The van der Waals surface area contributed by atoms with Gasteiger partial charge in [0.25, 0.3) is 0 Å². The second kappa shape index (κ2) is 7.97. The van der Waals surface area contributed by atoms with Crippen molar-refractivity contribution >= 4 is 39.0 Å². The molecule has 1 aliphatic rings. The van der Waals surface area contributed by atoms with E-state index in [1.54, 1.807) is 11.3 Å². The number of nitrogens with zero attached hydrogens (tertiary/aromatic N) is 4. The Labute approximate surface area is 176 Å². The SMILES string of the molecule is CC(C)c1ccc(-c2csc3nc(Cl)nc(N(C)C4CCN(C)CC4)c23)cc1. The van der Waals surface area contributed by atoms with Crippen LogP contribution in [0.5, 0.6) is 0 Å². The highest BCUT2D eigenvalue weighted by atomic mass is 35.5. The minimum absolute atomic E-state index is 0.325. The molecule has 28 heavy (non-hydrogen) atoms. The Morgan fingerprint density at radius 2 is 1.82 bits per heavy atom. The highest BCUT2D eigenvalue weighted by molar-refractivity contribution is 7.17. The van der Waals surface area contributed by atoms with Gasteiger partial charge in [-0.15, -0.1) is 11.3 Å². The summed E-state index contributed by atoms with van der Waals surface area (Å²) in [6, 6.07) is 9.35. The highest BCUT2D eigenvalue weighted by Gasteiger charge is 2.25. The van der Waals surface area contributed by atoms with Gasteiger partial charge in [0.15, 0.2) is 0 Å². The average molecular weight is 415 g/mol. The zero-order chi connectivity index (χ0) is 19.8. The smallest absolute Gasteiger partial charge is 0.225 e. The Kier molecular flexibility index (Phi) is 5.59. The van der Waals surface area contributed by atoms with Crippen molar-refractivity contribution in [3.63, 3.8) is 0 Å². The second-order valence-corrected chi connectivity index (χ2v) is 9.26. The van der Waals surface area contributed by atoms with Crippen LogP contribution in [0.25, 0.3) is 21.3 Å². The van der Waals surface area contributed by atoms with Gasteiger partial charge in [-0.3, -0.25) is 0 Å². The molecule has 0 spiro atoms. The molecule has 148 valence electrons. The maximum absolute atomic E-state index is 6.29. The fourth-order valence-corrected chi connectivity index (χ4v) is 5.12. The Morgan fingerprint density at radius 1 is 1.14 bits per heavy atom. The minimum Gasteiger partial charge on any atom is -0.356 e. The van der Waals surface area contributed by atoms with Crippen LogP contribution in [0.15, 0.2) is 29.6 Å². The van der Waals surface area contributed by atoms with Gasteiger partial charge >= 0.3 is 0 Å². The maximum atomic E-state index is 6.29. The van der Waals surface area contributed by atoms with E-state index in [4.69, 9.17) is 11.6 Å². The molecular formula is C22H27ClN4S. The molecule has 3 heterocycles. The lowest BCUT2D eigenvalue weighted by molar-refractivity contribution is 0.252. The van der Waals surface area contributed by atoms with Crippen LogP contribution in [0.1, 0.15) is 38.2 Å². The fourth-order valence-electron chi connectivity index (χ4n) is 3.97. The zero-order valence-electron chi connectivity index (χ0n) is 16.9. The zero-order valence-corrected chi connectivity index (χ0v) is 18.5. The van der Waals surface area contributed by atoms with Crippen molar-refractivity contribution in [1.82, 2.24) is 14.9 Å². The summed E-state index contributed by atoms with van der Waals surface area (Å²) in [6.07, 6.45) is 2.28. The number of benzene rings is 1. The summed E-state index contributed by atoms with van der Waals surface area (Å²) in [5.41, 5.74) is 3.76. The van der Waals surface area contributed by atoms with Crippen LogP contribution in [0.2, 0.25) is 5.28 Å². The van der Waals surface area contributed by atoms with Crippen molar-refractivity contribution in [1.29, 1.82) is 0 Å². The molecule has 0 saturated carbocycles. The largest absolute Gasteiger partial charge is 0.356 e. The first-order valence-corrected chi connectivity index (χ1v) is 11.2. The van der Waals surface area contributed by atoms with Gasteiger partial charge in [0.1, 0.15) is 10.6 Å². The average Bonchev–Trinajstić information content (AvgIpc) is 3.11. The number of aromatic nitrogens is 2. The van der Waals surface area contributed by atoms with E-state index in [1.807, 2.05) is 0 Å². The topological polar surface area (TPSA) is 32.3 Å². The van der Waals surface area contributed by atoms with Crippen molar-refractivity contribution in [2.75, 3.05) is 32.1 Å². The van der Waals surface area contributed by atoms with Crippen molar-refractivity contribution in [3.05, 3.63) is 40.5 Å². The first kappa shape index (κ1) is 19.6. The summed E-state index contributed by atoms with van der Waals surface area (Å²) in [4.78, 5) is 14.8. The van der Waals surface area contributed by atoms with E-state index in [9.17, 15) is 0 Å². The van der Waals surface area contributed by atoms with Gasteiger partial charge < -0.3 is 9.80 Å². The second-order valence-electron chi connectivity index (χ2n) is 8.07. The van der Waals surface area contributed by atoms with Crippen LogP contribution >= 0.6 is 22.9 Å². The number of piperidine rings is 1. The van der Waals surface area contributed by atoms with Crippen LogP contribution in [-0.2, 0) is 0 Å². The molecular weight excluding hydrogens is 388 g/mol. The van der Waals surface area contributed by atoms with Crippen molar-refractivity contribution < 1.29 is 0 Å². The quantitative estimate of drug-likeness (QED) is 0.515. The van der Waals surface area contributed by atoms with E-state index in [0.29, 0.717) is 17.2 Å². The fraction of sp³-hybridized carbons (Fsp3) is 0.455. The summed E-state index contributed by atoms with van der Waals surface area (Å²) in [6.45, 7) is 6.67. The van der Waals surface area contributed by atoms with Gasteiger partial charge in [0, 0.05) is 24.0 Å². The van der Waals surface area contributed by atoms with E-state index in [0.717, 1.165) is 42.0 Å². The number of hydrogen-bond acceptors (Lipinski definition) is 5. The van der Waals surface area contributed by atoms with Crippen molar-refractivity contribution in [2.45, 2.75) is 38.6 Å². The first-order chi connectivity index (χ1) is 13.4. The molecule has 6 heteroatoms. The normalized spacial score (nSPS) is 16.2. The van der Waals surface area contributed by atoms with Crippen LogP contribution in [0.4, 0.5) is 5.82 Å². The molecule has 2 aromatic heterocycles. The molecule has 0 unspecified atom stereocenters. The van der Waals surface area contributed by atoms with Gasteiger partial charge in [-0.25, -0.2) is 4.98 Å². The molecule has 1 aliphatic heterocycles. The molecule has 0 bridgehead atoms.